The second-order valence-electron chi connectivity index (χ2n) is 10.1. The highest BCUT2D eigenvalue weighted by Crippen LogP contribution is 2.44. The third-order valence-corrected chi connectivity index (χ3v) is 6.72. The van der Waals surface area contributed by atoms with Crippen molar-refractivity contribution >= 4 is 23.5 Å². The number of halogens is 2. The lowest BCUT2D eigenvalue weighted by Gasteiger charge is -2.29. The number of carboxylic acids is 1. The minimum Gasteiger partial charge on any atom is -0.479 e. The molecule has 1 N–H and O–H groups in total. The van der Waals surface area contributed by atoms with Crippen LogP contribution < -0.4 is 0 Å². The van der Waals surface area contributed by atoms with Crippen LogP contribution in [-0.4, -0.2) is 27.5 Å². The highest BCUT2D eigenvalue weighted by atomic mass is 35.5. The van der Waals surface area contributed by atoms with Crippen molar-refractivity contribution in [2.75, 3.05) is 0 Å². The van der Waals surface area contributed by atoms with Crippen LogP contribution in [0.2, 0.25) is 5.02 Å². The van der Waals surface area contributed by atoms with E-state index in [2.05, 4.69) is 0 Å². The Morgan fingerprint density at radius 2 is 1.64 bits per heavy atom. The Morgan fingerprint density at radius 3 is 2.19 bits per heavy atom. The first kappa shape index (κ1) is 25.9. The largest absolute Gasteiger partial charge is 0.479 e. The van der Waals surface area contributed by atoms with Gasteiger partial charge in [-0.1, -0.05) is 29.8 Å². The van der Waals surface area contributed by atoms with Crippen LogP contribution in [0.25, 0.3) is 11.1 Å². The van der Waals surface area contributed by atoms with Crippen molar-refractivity contribution < 1.29 is 23.8 Å². The van der Waals surface area contributed by atoms with Gasteiger partial charge in [0, 0.05) is 29.2 Å². The third-order valence-electron chi connectivity index (χ3n) is 6.47. The first-order valence-electron chi connectivity index (χ1n) is 11.7. The average Bonchev–Trinajstić information content (AvgIpc) is 3.26. The number of carbonyl (C=O) groups excluding carboxylic acids is 1. The second kappa shape index (κ2) is 9.68. The van der Waals surface area contributed by atoms with Crippen LogP contribution in [0.3, 0.4) is 0 Å². The number of ether oxygens (including phenoxy) is 1. The van der Waals surface area contributed by atoms with Gasteiger partial charge in [0.1, 0.15) is 5.82 Å². The fraction of sp³-hybridized carbons (Fsp3) is 0.310. The second-order valence-corrected chi connectivity index (χ2v) is 10.6. The van der Waals surface area contributed by atoms with Crippen LogP contribution >= 0.6 is 11.6 Å². The number of amides is 1. The number of benzene rings is 3. The van der Waals surface area contributed by atoms with Crippen LogP contribution in [0.5, 0.6) is 0 Å². The number of hydrogen-bond acceptors (Lipinski definition) is 3. The number of nitrogens with zero attached hydrogens (tertiary/aromatic N) is 1. The molecule has 0 saturated heterocycles. The van der Waals surface area contributed by atoms with E-state index < -0.39 is 23.5 Å². The summed E-state index contributed by atoms with van der Waals surface area (Å²) >= 11 is 6.14. The summed E-state index contributed by atoms with van der Waals surface area (Å²) in [6.45, 7) is 9.92. The van der Waals surface area contributed by atoms with Crippen LogP contribution in [0.15, 0.2) is 48.5 Å². The van der Waals surface area contributed by atoms with E-state index in [9.17, 15) is 19.1 Å². The molecule has 188 valence electrons. The van der Waals surface area contributed by atoms with Gasteiger partial charge >= 0.3 is 5.97 Å². The highest BCUT2D eigenvalue weighted by Gasteiger charge is 2.36. The van der Waals surface area contributed by atoms with Crippen molar-refractivity contribution in [3.05, 3.63) is 92.8 Å². The van der Waals surface area contributed by atoms with Gasteiger partial charge in [0.15, 0.2) is 6.10 Å². The lowest BCUT2D eigenvalue weighted by Crippen LogP contribution is -2.28. The molecule has 4 rings (SSSR count). The van der Waals surface area contributed by atoms with Gasteiger partial charge in [-0.15, -0.1) is 0 Å². The van der Waals surface area contributed by atoms with Crippen molar-refractivity contribution in [2.24, 2.45) is 0 Å². The molecule has 5 nitrogen and oxygen atoms in total. The average molecular weight is 510 g/mol. The minimum absolute atomic E-state index is 0.274. The molecule has 0 radical (unpaired) electrons. The van der Waals surface area contributed by atoms with Crippen molar-refractivity contribution in [1.82, 2.24) is 4.90 Å². The summed E-state index contributed by atoms with van der Waals surface area (Å²) < 4.78 is 19.9. The van der Waals surface area contributed by atoms with E-state index in [-0.39, 0.29) is 11.5 Å². The molecule has 36 heavy (non-hydrogen) atoms. The lowest BCUT2D eigenvalue weighted by atomic mass is 9.83. The number of hydrogen-bond donors (Lipinski definition) is 1. The predicted octanol–water partition coefficient (Wildman–Crippen LogP) is 6.86. The lowest BCUT2D eigenvalue weighted by molar-refractivity contribution is -0.160. The first-order valence-corrected chi connectivity index (χ1v) is 12.1. The predicted molar refractivity (Wildman–Crippen MR) is 138 cm³/mol. The van der Waals surface area contributed by atoms with Crippen LogP contribution in [0.1, 0.15) is 65.1 Å². The van der Waals surface area contributed by atoms with Crippen LogP contribution in [0, 0.1) is 19.7 Å². The Hall–Kier alpha value is -3.22. The highest BCUT2D eigenvalue weighted by molar-refractivity contribution is 6.30. The molecule has 1 amide bonds. The zero-order valence-electron chi connectivity index (χ0n) is 21.0. The summed E-state index contributed by atoms with van der Waals surface area (Å²) in [6.07, 6.45) is -1.22. The number of carbonyl (C=O) groups is 2. The third kappa shape index (κ3) is 5.01. The van der Waals surface area contributed by atoms with Gasteiger partial charge in [0.2, 0.25) is 0 Å². The Kier molecular flexibility index (Phi) is 6.95. The zero-order valence-corrected chi connectivity index (χ0v) is 21.7. The van der Waals surface area contributed by atoms with Gasteiger partial charge in [0.25, 0.3) is 5.91 Å². The molecular formula is C29H29ClFNO4. The van der Waals surface area contributed by atoms with Gasteiger partial charge in [-0.2, -0.15) is 0 Å². The van der Waals surface area contributed by atoms with E-state index in [1.54, 1.807) is 23.1 Å². The minimum atomic E-state index is -1.22. The van der Waals surface area contributed by atoms with E-state index in [0.29, 0.717) is 23.7 Å². The smallest absolute Gasteiger partial charge is 0.337 e. The molecule has 0 fully saturated rings. The number of fused-ring (bicyclic) bond motifs is 1. The van der Waals surface area contributed by atoms with Crippen molar-refractivity contribution in [3.63, 3.8) is 0 Å². The number of aliphatic carboxylic acids is 1. The monoisotopic (exact) mass is 509 g/mol. The molecule has 3 aromatic carbocycles. The SMILES string of the molecule is Cc1c2c(c(C)c([C@H](OC(C)(C)C)C(=O)O)c1-c1ccc(Cl)cc1)CN(C(=O)c1cccc(F)c1)C2. The van der Waals surface area contributed by atoms with E-state index >= 15 is 0 Å². The molecule has 7 heteroatoms. The Labute approximate surface area is 215 Å². The molecule has 0 spiro atoms. The standard InChI is InChI=1S/C29H29ClFNO4/c1-16-22-14-32(27(33)19-7-6-8-21(31)13-19)15-23(22)17(2)25(26(28(34)35)36-29(3,4)5)24(16)18-9-11-20(30)12-10-18/h6-13,26H,14-15H2,1-5H3,(H,34,35)/t26-/m0/s1. The van der Waals surface area contributed by atoms with E-state index in [4.69, 9.17) is 16.3 Å². The molecule has 1 heterocycles. The Morgan fingerprint density at radius 1 is 1.03 bits per heavy atom. The molecule has 1 atom stereocenters. The normalized spacial score (nSPS) is 14.0. The number of carboxylic acid groups (broad SMARTS) is 1. The van der Waals surface area contributed by atoms with Crippen molar-refractivity contribution in [1.29, 1.82) is 0 Å². The topological polar surface area (TPSA) is 66.8 Å². The maximum absolute atomic E-state index is 13.8. The van der Waals surface area contributed by atoms with Gasteiger partial charge in [-0.05, 0) is 98.3 Å². The van der Waals surface area contributed by atoms with Crippen molar-refractivity contribution in [2.45, 2.75) is 59.4 Å². The summed E-state index contributed by atoms with van der Waals surface area (Å²) in [6, 6.07) is 12.9. The van der Waals surface area contributed by atoms with E-state index in [1.165, 1.54) is 18.2 Å². The molecule has 0 bridgehead atoms. The summed E-state index contributed by atoms with van der Waals surface area (Å²) in [5.41, 5.74) is 5.22. The Balaban J connectivity index is 1.89. The zero-order chi connectivity index (χ0) is 26.4. The fourth-order valence-corrected chi connectivity index (χ4v) is 5.00. The summed E-state index contributed by atoms with van der Waals surface area (Å²) in [5.74, 6) is -1.84. The first-order chi connectivity index (χ1) is 16.9. The van der Waals surface area contributed by atoms with Crippen LogP contribution in [0.4, 0.5) is 4.39 Å². The van der Waals surface area contributed by atoms with E-state index in [0.717, 1.165) is 33.4 Å². The maximum atomic E-state index is 13.8. The summed E-state index contributed by atoms with van der Waals surface area (Å²) in [7, 11) is 0. The maximum Gasteiger partial charge on any atom is 0.337 e. The molecular weight excluding hydrogens is 481 g/mol. The van der Waals surface area contributed by atoms with E-state index in [1.807, 2.05) is 46.8 Å². The quantitative estimate of drug-likeness (QED) is 0.408. The van der Waals surface area contributed by atoms with Gasteiger partial charge in [0.05, 0.1) is 5.60 Å². The molecule has 3 aromatic rings. The molecule has 0 aromatic heterocycles. The Bertz CT molecular complexity index is 1340. The van der Waals surface area contributed by atoms with Gasteiger partial charge < -0.3 is 14.7 Å². The molecule has 0 aliphatic carbocycles. The number of rotatable bonds is 5. The van der Waals surface area contributed by atoms with Gasteiger partial charge in [-0.3, -0.25) is 4.79 Å². The molecule has 0 unspecified atom stereocenters. The fourth-order valence-electron chi connectivity index (χ4n) is 4.87. The van der Waals surface area contributed by atoms with Crippen LogP contribution in [-0.2, 0) is 22.6 Å². The summed E-state index contributed by atoms with van der Waals surface area (Å²) in [5, 5.41) is 10.8. The molecule has 1 aliphatic heterocycles. The van der Waals surface area contributed by atoms with Gasteiger partial charge in [-0.25, -0.2) is 9.18 Å². The van der Waals surface area contributed by atoms with Crippen molar-refractivity contribution in [3.8, 4) is 11.1 Å². The molecule has 0 saturated carbocycles. The summed E-state index contributed by atoms with van der Waals surface area (Å²) in [4.78, 5) is 27.4. The molecule has 1 aliphatic rings.